The predicted molar refractivity (Wildman–Crippen MR) is 65.6 cm³/mol. The van der Waals surface area contributed by atoms with Gasteiger partial charge < -0.3 is 4.90 Å². The summed E-state index contributed by atoms with van der Waals surface area (Å²) in [4.78, 5) is 24.2. The lowest BCUT2D eigenvalue weighted by Gasteiger charge is -2.32. The van der Waals surface area contributed by atoms with Crippen molar-refractivity contribution in [3.63, 3.8) is 0 Å². The lowest BCUT2D eigenvalue weighted by Crippen LogP contribution is -3.20. The molecule has 0 bridgehead atoms. The molecule has 1 unspecified atom stereocenters. The van der Waals surface area contributed by atoms with Crippen LogP contribution in [0.4, 0.5) is 0 Å². The van der Waals surface area contributed by atoms with Crippen molar-refractivity contribution in [3.8, 4) is 0 Å². The molecule has 3 heteroatoms. The Morgan fingerprint density at radius 2 is 1.38 bits per heavy atom. The molecule has 16 heavy (non-hydrogen) atoms. The molecule has 1 N–H and O–H groups in total. The number of carbonyl (C=O) groups excluding carboxylic acids is 2. The number of hydrogen-bond acceptors (Lipinski definition) is 2. The zero-order chi connectivity index (χ0) is 13.1. The van der Waals surface area contributed by atoms with E-state index in [1.165, 1.54) is 0 Å². The molecule has 0 radical (unpaired) electrons. The molecule has 0 saturated carbocycles. The van der Waals surface area contributed by atoms with Crippen molar-refractivity contribution in [1.29, 1.82) is 0 Å². The number of hydrogen-bond donors (Lipinski definition) is 1. The van der Waals surface area contributed by atoms with Crippen LogP contribution >= 0.6 is 0 Å². The summed E-state index contributed by atoms with van der Waals surface area (Å²) < 4.78 is 0. The second kappa shape index (κ2) is 5.09. The Bertz CT molecular complexity index is 269. The zero-order valence-electron chi connectivity index (χ0n) is 11.7. The van der Waals surface area contributed by atoms with Gasteiger partial charge in [0.05, 0.1) is 5.54 Å². The number of ketones is 2. The third-order valence-corrected chi connectivity index (χ3v) is 2.73. The highest BCUT2D eigenvalue weighted by Crippen LogP contribution is 2.13. The third-order valence-electron chi connectivity index (χ3n) is 2.73. The molecule has 94 valence electrons. The van der Waals surface area contributed by atoms with E-state index in [4.69, 9.17) is 0 Å². The van der Waals surface area contributed by atoms with E-state index >= 15 is 0 Å². The van der Waals surface area contributed by atoms with E-state index in [1.54, 1.807) is 6.92 Å². The second-order valence-corrected chi connectivity index (χ2v) is 6.58. The van der Waals surface area contributed by atoms with Crippen molar-refractivity contribution < 1.29 is 14.5 Å². The highest BCUT2D eigenvalue weighted by molar-refractivity contribution is 5.84. The van der Waals surface area contributed by atoms with Crippen LogP contribution in [0.2, 0.25) is 0 Å². The van der Waals surface area contributed by atoms with Gasteiger partial charge in [0, 0.05) is 12.3 Å². The third kappa shape index (κ3) is 5.40. The maximum Gasteiger partial charge on any atom is 0.192 e. The Labute approximate surface area is 99.2 Å². The Balaban J connectivity index is 4.70. The van der Waals surface area contributed by atoms with Crippen LogP contribution in [0.15, 0.2) is 0 Å². The van der Waals surface area contributed by atoms with Crippen LogP contribution in [-0.4, -0.2) is 30.2 Å². The summed E-state index contributed by atoms with van der Waals surface area (Å²) in [5.74, 6) is 0.338. The van der Waals surface area contributed by atoms with Gasteiger partial charge in [0.25, 0.3) is 0 Å². The van der Waals surface area contributed by atoms with E-state index in [1.807, 2.05) is 20.8 Å². The molecule has 0 aliphatic rings. The van der Waals surface area contributed by atoms with Crippen LogP contribution in [0, 0.1) is 5.41 Å². The molecule has 0 heterocycles. The fourth-order valence-electron chi connectivity index (χ4n) is 1.35. The lowest BCUT2D eigenvalue weighted by atomic mass is 9.89. The highest BCUT2D eigenvalue weighted by atomic mass is 16.1. The number of Topliss-reactive ketones (excluding diaryl/α,β-unsaturated/α-hetero) is 2. The molecular formula is C13H26NO2+. The Hall–Kier alpha value is -0.700. The molecule has 0 fully saturated rings. The fraction of sp³-hybridized carbons (Fsp3) is 0.846. The SMILES string of the molecule is CC(=O)C[NH+](CC(=O)C(C)(C)C)C(C)(C)C. The molecule has 0 spiro atoms. The van der Waals surface area contributed by atoms with Crippen molar-refractivity contribution in [2.24, 2.45) is 5.41 Å². The van der Waals surface area contributed by atoms with E-state index in [0.717, 1.165) is 4.90 Å². The summed E-state index contributed by atoms with van der Waals surface area (Å²) in [6.45, 7) is 14.4. The molecule has 1 atom stereocenters. The van der Waals surface area contributed by atoms with Crippen LogP contribution in [0.25, 0.3) is 0 Å². The molecule has 0 saturated heterocycles. The minimum atomic E-state index is -0.326. The van der Waals surface area contributed by atoms with Gasteiger partial charge in [0.2, 0.25) is 0 Å². The number of rotatable bonds is 4. The van der Waals surface area contributed by atoms with Gasteiger partial charge in [0.1, 0.15) is 13.1 Å². The topological polar surface area (TPSA) is 38.6 Å². The zero-order valence-corrected chi connectivity index (χ0v) is 11.7. The van der Waals surface area contributed by atoms with Gasteiger partial charge >= 0.3 is 0 Å². The molecular weight excluding hydrogens is 202 g/mol. The van der Waals surface area contributed by atoms with E-state index in [-0.39, 0.29) is 22.5 Å². The number of carbonyl (C=O) groups is 2. The van der Waals surface area contributed by atoms with Gasteiger partial charge in [-0.05, 0) is 20.8 Å². The van der Waals surface area contributed by atoms with Gasteiger partial charge in [-0.3, -0.25) is 9.59 Å². The largest absolute Gasteiger partial charge is 0.318 e. The van der Waals surface area contributed by atoms with E-state index in [9.17, 15) is 9.59 Å². The van der Waals surface area contributed by atoms with Crippen molar-refractivity contribution in [3.05, 3.63) is 0 Å². The van der Waals surface area contributed by atoms with E-state index < -0.39 is 0 Å². The van der Waals surface area contributed by atoms with Gasteiger partial charge in [-0.1, -0.05) is 20.8 Å². The quantitative estimate of drug-likeness (QED) is 0.775. The minimum Gasteiger partial charge on any atom is -0.318 e. The van der Waals surface area contributed by atoms with Crippen molar-refractivity contribution in [2.75, 3.05) is 13.1 Å². The minimum absolute atomic E-state index is 0.0768. The first-order valence-corrected chi connectivity index (χ1v) is 5.82. The Morgan fingerprint density at radius 3 is 1.62 bits per heavy atom. The summed E-state index contributed by atoms with van der Waals surface area (Å²) in [5, 5.41) is 0. The van der Waals surface area contributed by atoms with E-state index in [0.29, 0.717) is 13.1 Å². The Morgan fingerprint density at radius 1 is 0.938 bits per heavy atom. The number of quaternary nitrogens is 1. The van der Waals surface area contributed by atoms with Crippen LogP contribution in [0.1, 0.15) is 48.5 Å². The first kappa shape index (κ1) is 15.3. The molecule has 0 aliphatic carbocycles. The molecule has 0 aliphatic heterocycles. The Kier molecular flexibility index (Phi) is 4.86. The van der Waals surface area contributed by atoms with Crippen molar-refractivity contribution in [1.82, 2.24) is 0 Å². The van der Waals surface area contributed by atoms with Gasteiger partial charge in [-0.2, -0.15) is 0 Å². The average molecular weight is 228 g/mol. The predicted octanol–water partition coefficient (Wildman–Crippen LogP) is 0.874. The second-order valence-electron chi connectivity index (χ2n) is 6.58. The first-order chi connectivity index (χ1) is 6.94. The first-order valence-electron chi connectivity index (χ1n) is 5.82. The average Bonchev–Trinajstić information content (AvgIpc) is 1.98. The summed E-state index contributed by atoms with van der Waals surface area (Å²) in [5.41, 5.74) is -0.403. The molecule has 0 rings (SSSR count). The van der Waals surface area contributed by atoms with Crippen molar-refractivity contribution in [2.45, 2.75) is 54.0 Å². The van der Waals surface area contributed by atoms with Gasteiger partial charge in [-0.25, -0.2) is 0 Å². The molecule has 0 amide bonds. The molecule has 0 aromatic heterocycles. The number of nitrogens with one attached hydrogen (secondary N) is 1. The summed E-state index contributed by atoms with van der Waals surface area (Å²) >= 11 is 0. The standard InChI is InChI=1S/C13H25NO2/c1-10(15)8-14(13(5,6)7)9-11(16)12(2,3)4/h8-9H2,1-7H3/p+1. The smallest absolute Gasteiger partial charge is 0.192 e. The van der Waals surface area contributed by atoms with E-state index in [2.05, 4.69) is 20.8 Å². The van der Waals surface area contributed by atoms with Crippen LogP contribution < -0.4 is 4.90 Å². The monoisotopic (exact) mass is 228 g/mol. The van der Waals surface area contributed by atoms with Crippen LogP contribution in [0.3, 0.4) is 0 Å². The molecule has 3 nitrogen and oxygen atoms in total. The maximum absolute atomic E-state index is 12.0. The maximum atomic E-state index is 12.0. The molecule has 0 aromatic carbocycles. The van der Waals surface area contributed by atoms with Crippen molar-refractivity contribution >= 4 is 11.6 Å². The lowest BCUT2D eigenvalue weighted by molar-refractivity contribution is -0.931. The summed E-state index contributed by atoms with van der Waals surface area (Å²) in [6, 6.07) is 0. The highest BCUT2D eigenvalue weighted by Gasteiger charge is 2.32. The van der Waals surface area contributed by atoms with Crippen LogP contribution in [-0.2, 0) is 9.59 Å². The van der Waals surface area contributed by atoms with Gasteiger partial charge in [0.15, 0.2) is 11.6 Å². The normalized spacial score (nSPS) is 14.7. The van der Waals surface area contributed by atoms with Gasteiger partial charge in [-0.15, -0.1) is 0 Å². The summed E-state index contributed by atoms with van der Waals surface area (Å²) in [6.07, 6.45) is 0. The summed E-state index contributed by atoms with van der Waals surface area (Å²) in [7, 11) is 0. The van der Waals surface area contributed by atoms with Crippen LogP contribution in [0.5, 0.6) is 0 Å². The molecule has 0 aromatic rings. The fourth-order valence-corrected chi connectivity index (χ4v) is 1.35.